The highest BCUT2D eigenvalue weighted by Gasteiger charge is 2.17. The van der Waals surface area contributed by atoms with Crippen LogP contribution in [0.5, 0.6) is 0 Å². The molecule has 4 nitrogen and oxygen atoms in total. The Balaban J connectivity index is 3.02. The Morgan fingerprint density at radius 3 is 2.35 bits per heavy atom. The maximum absolute atomic E-state index is 13.2. The molecule has 0 heterocycles. The van der Waals surface area contributed by atoms with Gasteiger partial charge in [-0.25, -0.2) is 13.8 Å². The van der Waals surface area contributed by atoms with E-state index < -0.39 is 23.1 Å². The SMILES string of the molecule is C=NC=C(N=C)NC(=O)c1c(F)cccc1F. The fraction of sp³-hybridized carbons (Fsp3) is 0. The summed E-state index contributed by atoms with van der Waals surface area (Å²) in [7, 11) is 0. The molecule has 1 N–H and O–H groups in total. The zero-order valence-corrected chi connectivity index (χ0v) is 8.78. The maximum Gasteiger partial charge on any atom is 0.262 e. The highest BCUT2D eigenvalue weighted by Crippen LogP contribution is 2.12. The second kappa shape index (κ2) is 5.64. The van der Waals surface area contributed by atoms with E-state index >= 15 is 0 Å². The standard InChI is InChI=1S/C11H9F2N3O/c1-14-6-9(15-2)16-11(17)10-7(12)4-3-5-8(10)13/h3-6H,1-2H2,(H,16,17). The fourth-order valence-corrected chi connectivity index (χ4v) is 1.09. The Bertz CT molecular complexity index is 477. The van der Waals surface area contributed by atoms with Gasteiger partial charge in [0.2, 0.25) is 0 Å². The minimum absolute atomic E-state index is 0.0485. The third-order valence-corrected chi connectivity index (χ3v) is 1.82. The van der Waals surface area contributed by atoms with Crippen LogP contribution in [0.25, 0.3) is 0 Å². The van der Waals surface area contributed by atoms with Gasteiger partial charge >= 0.3 is 0 Å². The number of carbonyl (C=O) groups excluding carboxylic acids is 1. The quantitative estimate of drug-likeness (QED) is 0.799. The van der Waals surface area contributed by atoms with Crippen molar-refractivity contribution >= 4 is 19.3 Å². The predicted octanol–water partition coefficient (Wildman–Crippen LogP) is 1.89. The predicted molar refractivity (Wildman–Crippen MR) is 61.0 cm³/mol. The number of nitrogens with one attached hydrogen (secondary N) is 1. The van der Waals surface area contributed by atoms with E-state index in [1.165, 1.54) is 0 Å². The monoisotopic (exact) mass is 237 g/mol. The summed E-state index contributed by atoms with van der Waals surface area (Å²) in [5, 5.41) is 2.14. The summed E-state index contributed by atoms with van der Waals surface area (Å²) in [6.45, 7) is 6.31. The molecule has 0 aliphatic carbocycles. The number of rotatable bonds is 4. The Labute approximate surface area is 96.4 Å². The number of halogens is 2. The van der Waals surface area contributed by atoms with Crippen molar-refractivity contribution in [2.24, 2.45) is 9.98 Å². The Kier molecular flexibility index (Phi) is 4.21. The number of hydrogen-bond acceptors (Lipinski definition) is 3. The molecule has 0 fully saturated rings. The molecule has 0 spiro atoms. The van der Waals surface area contributed by atoms with Crippen LogP contribution >= 0.6 is 0 Å². The second-order valence-electron chi connectivity index (χ2n) is 2.91. The van der Waals surface area contributed by atoms with Crippen molar-refractivity contribution in [1.29, 1.82) is 0 Å². The molecular weight excluding hydrogens is 228 g/mol. The lowest BCUT2D eigenvalue weighted by Crippen LogP contribution is -2.24. The Hall–Kier alpha value is -2.37. The molecule has 1 amide bonds. The molecule has 0 aliphatic rings. The van der Waals surface area contributed by atoms with Crippen LogP contribution in [0, 0.1) is 11.6 Å². The van der Waals surface area contributed by atoms with Crippen molar-refractivity contribution in [1.82, 2.24) is 5.32 Å². The summed E-state index contributed by atoms with van der Waals surface area (Å²) in [6, 6.07) is 3.12. The first-order chi connectivity index (χ1) is 8.10. The van der Waals surface area contributed by atoms with E-state index in [1.54, 1.807) is 0 Å². The summed E-state index contributed by atoms with van der Waals surface area (Å²) < 4.78 is 26.5. The average Bonchev–Trinajstić information content (AvgIpc) is 2.28. The van der Waals surface area contributed by atoms with Crippen molar-refractivity contribution < 1.29 is 13.6 Å². The summed E-state index contributed by atoms with van der Waals surface area (Å²) in [4.78, 5) is 18.3. The third kappa shape index (κ3) is 3.04. The van der Waals surface area contributed by atoms with Gasteiger partial charge in [-0.3, -0.25) is 9.79 Å². The van der Waals surface area contributed by atoms with Crippen LogP contribution in [0.3, 0.4) is 0 Å². The molecule has 0 bridgehead atoms. The van der Waals surface area contributed by atoms with Crippen molar-refractivity contribution in [2.75, 3.05) is 0 Å². The summed E-state index contributed by atoms with van der Waals surface area (Å²) >= 11 is 0. The van der Waals surface area contributed by atoms with E-state index in [2.05, 4.69) is 28.7 Å². The number of carbonyl (C=O) groups is 1. The van der Waals surface area contributed by atoms with Crippen LogP contribution in [0.1, 0.15) is 10.4 Å². The first-order valence-electron chi connectivity index (χ1n) is 4.48. The van der Waals surface area contributed by atoms with Gasteiger partial charge in [-0.1, -0.05) is 6.07 Å². The molecule has 1 aromatic carbocycles. The van der Waals surface area contributed by atoms with Crippen LogP contribution in [-0.4, -0.2) is 19.3 Å². The van der Waals surface area contributed by atoms with E-state index in [0.717, 1.165) is 24.4 Å². The van der Waals surface area contributed by atoms with Crippen LogP contribution < -0.4 is 5.32 Å². The van der Waals surface area contributed by atoms with Gasteiger partial charge in [-0.05, 0) is 25.6 Å². The van der Waals surface area contributed by atoms with E-state index in [4.69, 9.17) is 0 Å². The molecule has 0 radical (unpaired) electrons. The normalized spacial score (nSPS) is 10.8. The van der Waals surface area contributed by atoms with Gasteiger partial charge in [-0.2, -0.15) is 0 Å². The second-order valence-corrected chi connectivity index (χ2v) is 2.91. The molecule has 0 saturated heterocycles. The van der Waals surface area contributed by atoms with Gasteiger partial charge in [-0.15, -0.1) is 0 Å². The largest absolute Gasteiger partial charge is 0.305 e. The molecule has 88 valence electrons. The molecule has 0 saturated carbocycles. The van der Waals surface area contributed by atoms with Gasteiger partial charge in [0.25, 0.3) is 5.91 Å². The first kappa shape index (κ1) is 12.7. The minimum atomic E-state index is -0.970. The molecule has 0 unspecified atom stereocenters. The van der Waals surface area contributed by atoms with Crippen LogP contribution in [-0.2, 0) is 0 Å². The lowest BCUT2D eigenvalue weighted by Gasteiger charge is -2.06. The van der Waals surface area contributed by atoms with Crippen molar-refractivity contribution in [2.45, 2.75) is 0 Å². The van der Waals surface area contributed by atoms with Gasteiger partial charge in [0.1, 0.15) is 17.2 Å². The van der Waals surface area contributed by atoms with Crippen molar-refractivity contribution in [3.63, 3.8) is 0 Å². The van der Waals surface area contributed by atoms with Gasteiger partial charge in [0.15, 0.2) is 5.82 Å². The zero-order chi connectivity index (χ0) is 12.8. The number of amides is 1. The molecule has 0 aromatic heterocycles. The molecular formula is C11H9F2N3O. The third-order valence-electron chi connectivity index (χ3n) is 1.82. The highest BCUT2D eigenvalue weighted by molar-refractivity contribution is 5.95. The number of nitrogens with zero attached hydrogens (tertiary/aromatic N) is 2. The number of hydrogen-bond donors (Lipinski definition) is 1. The minimum Gasteiger partial charge on any atom is -0.305 e. The van der Waals surface area contributed by atoms with Gasteiger partial charge in [0.05, 0.1) is 6.20 Å². The average molecular weight is 237 g/mol. The summed E-state index contributed by atoms with van der Waals surface area (Å²) in [5.74, 6) is -2.94. The number of aliphatic imine (C=N–C) groups is 2. The summed E-state index contributed by atoms with van der Waals surface area (Å²) in [6.07, 6.45) is 1.10. The lowest BCUT2D eigenvalue weighted by molar-refractivity contribution is 0.0957. The van der Waals surface area contributed by atoms with Crippen molar-refractivity contribution in [3.8, 4) is 0 Å². The topological polar surface area (TPSA) is 53.8 Å². The van der Waals surface area contributed by atoms with E-state index in [9.17, 15) is 13.6 Å². The molecule has 1 aromatic rings. The van der Waals surface area contributed by atoms with E-state index in [1.807, 2.05) is 0 Å². The highest BCUT2D eigenvalue weighted by atomic mass is 19.1. The summed E-state index contributed by atoms with van der Waals surface area (Å²) in [5.41, 5.74) is -0.689. The van der Waals surface area contributed by atoms with E-state index in [0.29, 0.717) is 0 Å². The maximum atomic E-state index is 13.2. The molecule has 6 heteroatoms. The Morgan fingerprint density at radius 1 is 1.29 bits per heavy atom. The molecule has 1 rings (SSSR count). The molecule has 0 aliphatic heterocycles. The zero-order valence-electron chi connectivity index (χ0n) is 8.78. The van der Waals surface area contributed by atoms with Crippen LogP contribution in [0.15, 0.2) is 40.2 Å². The molecule has 17 heavy (non-hydrogen) atoms. The fourth-order valence-electron chi connectivity index (χ4n) is 1.09. The van der Waals surface area contributed by atoms with Crippen LogP contribution in [0.4, 0.5) is 8.78 Å². The first-order valence-corrected chi connectivity index (χ1v) is 4.48. The van der Waals surface area contributed by atoms with Crippen LogP contribution in [0.2, 0.25) is 0 Å². The van der Waals surface area contributed by atoms with E-state index in [-0.39, 0.29) is 5.82 Å². The lowest BCUT2D eigenvalue weighted by atomic mass is 10.2. The number of benzene rings is 1. The Morgan fingerprint density at radius 2 is 1.88 bits per heavy atom. The molecule has 0 atom stereocenters. The van der Waals surface area contributed by atoms with Gasteiger partial charge in [0, 0.05) is 0 Å². The smallest absolute Gasteiger partial charge is 0.262 e. The van der Waals surface area contributed by atoms with Crippen molar-refractivity contribution in [3.05, 3.63) is 47.4 Å². The van der Waals surface area contributed by atoms with Gasteiger partial charge < -0.3 is 5.32 Å².